The third-order valence-corrected chi connectivity index (χ3v) is 4.05. The highest BCUT2D eigenvalue weighted by atomic mass is 35.5. The van der Waals surface area contributed by atoms with Crippen LogP contribution in [0.15, 0.2) is 24.3 Å². The highest BCUT2D eigenvalue weighted by Crippen LogP contribution is 2.33. The van der Waals surface area contributed by atoms with Crippen molar-refractivity contribution in [2.75, 3.05) is 0 Å². The Morgan fingerprint density at radius 3 is 2.47 bits per heavy atom. The number of aryl methyl sites for hydroxylation is 2. The van der Waals surface area contributed by atoms with Gasteiger partial charge in [-0.05, 0) is 19.9 Å². The van der Waals surface area contributed by atoms with E-state index >= 15 is 0 Å². The first-order valence-corrected chi connectivity index (χ1v) is 6.74. The van der Waals surface area contributed by atoms with Gasteiger partial charge in [-0.15, -0.1) is 0 Å². The van der Waals surface area contributed by atoms with Gasteiger partial charge in [-0.1, -0.05) is 41.4 Å². The summed E-state index contributed by atoms with van der Waals surface area (Å²) in [6.45, 7) is 3.61. The lowest BCUT2D eigenvalue weighted by Gasteiger charge is -2.25. The van der Waals surface area contributed by atoms with E-state index in [4.69, 9.17) is 23.2 Å². The van der Waals surface area contributed by atoms with Crippen molar-refractivity contribution < 1.29 is 5.11 Å². The number of hydrogen-bond acceptors (Lipinski definition) is 2. The fraction of sp³-hybridized carbons (Fsp3) is 0.357. The molecule has 0 aliphatic rings. The molecule has 1 heterocycles. The van der Waals surface area contributed by atoms with Crippen LogP contribution in [0.4, 0.5) is 0 Å². The number of aromatic nitrogens is 2. The topological polar surface area (TPSA) is 38.0 Å². The number of nitrogens with zero attached hydrogens (tertiary/aromatic N) is 2. The van der Waals surface area contributed by atoms with Crippen LogP contribution >= 0.6 is 23.2 Å². The van der Waals surface area contributed by atoms with Crippen LogP contribution in [0.3, 0.4) is 0 Å². The van der Waals surface area contributed by atoms with E-state index in [1.54, 1.807) is 24.7 Å². The summed E-state index contributed by atoms with van der Waals surface area (Å²) in [7, 11) is 1.78. The molecule has 3 nitrogen and oxygen atoms in total. The van der Waals surface area contributed by atoms with Gasteiger partial charge in [0.05, 0.1) is 11.3 Å². The molecule has 0 spiro atoms. The molecule has 5 heteroatoms. The van der Waals surface area contributed by atoms with Gasteiger partial charge in [0.25, 0.3) is 0 Å². The van der Waals surface area contributed by atoms with Crippen LogP contribution in [-0.4, -0.2) is 14.9 Å². The monoisotopic (exact) mass is 298 g/mol. The first-order chi connectivity index (χ1) is 8.83. The second-order valence-electron chi connectivity index (χ2n) is 4.91. The minimum atomic E-state index is -1.09. The van der Waals surface area contributed by atoms with Crippen LogP contribution in [0.1, 0.15) is 23.7 Å². The Hall–Kier alpha value is -1.03. The Labute approximate surface area is 122 Å². The van der Waals surface area contributed by atoms with Crippen molar-refractivity contribution in [1.29, 1.82) is 0 Å². The third-order valence-electron chi connectivity index (χ3n) is 3.24. The number of rotatable bonds is 3. The number of aliphatic hydroxyl groups is 1. The van der Waals surface area contributed by atoms with E-state index in [0.29, 0.717) is 22.2 Å². The molecule has 0 amide bonds. The number of hydrogen-bond donors (Lipinski definition) is 1. The average Bonchev–Trinajstić information content (AvgIpc) is 2.56. The maximum Gasteiger partial charge on any atom is 0.130 e. The van der Waals surface area contributed by atoms with Crippen LogP contribution in [0, 0.1) is 6.92 Å². The maximum absolute atomic E-state index is 10.7. The molecule has 2 aromatic rings. The molecule has 2 rings (SSSR count). The largest absolute Gasteiger partial charge is 0.385 e. The van der Waals surface area contributed by atoms with Gasteiger partial charge in [-0.3, -0.25) is 4.68 Å². The molecule has 1 unspecified atom stereocenters. The van der Waals surface area contributed by atoms with Crippen LogP contribution < -0.4 is 0 Å². The van der Waals surface area contributed by atoms with Crippen molar-refractivity contribution in [1.82, 2.24) is 9.78 Å². The second-order valence-corrected chi connectivity index (χ2v) is 5.67. The minimum absolute atomic E-state index is 0.370. The highest BCUT2D eigenvalue weighted by Gasteiger charge is 2.29. The van der Waals surface area contributed by atoms with Gasteiger partial charge in [0.2, 0.25) is 0 Å². The van der Waals surface area contributed by atoms with Crippen LogP contribution in [0.25, 0.3) is 0 Å². The second kappa shape index (κ2) is 5.16. The molecule has 0 fully saturated rings. The Balaban J connectivity index is 2.39. The van der Waals surface area contributed by atoms with E-state index in [9.17, 15) is 5.11 Å². The first-order valence-electron chi connectivity index (χ1n) is 5.98. The van der Waals surface area contributed by atoms with Gasteiger partial charge in [0.15, 0.2) is 0 Å². The van der Waals surface area contributed by atoms with Gasteiger partial charge in [-0.2, -0.15) is 5.10 Å². The fourth-order valence-electron chi connectivity index (χ4n) is 2.21. The summed E-state index contributed by atoms with van der Waals surface area (Å²) >= 11 is 12.3. The van der Waals surface area contributed by atoms with Crippen molar-refractivity contribution in [2.24, 2.45) is 7.05 Å². The smallest absolute Gasteiger partial charge is 0.130 e. The number of halogens is 2. The molecule has 0 aliphatic heterocycles. The SMILES string of the molecule is Cc1nn(C)c(Cl)c1CC(C)(O)c1ccccc1Cl. The lowest BCUT2D eigenvalue weighted by atomic mass is 9.89. The maximum atomic E-state index is 10.7. The third kappa shape index (κ3) is 2.78. The summed E-state index contributed by atoms with van der Waals surface area (Å²) in [4.78, 5) is 0. The van der Waals surface area contributed by atoms with Crippen LogP contribution in [-0.2, 0) is 19.1 Å². The minimum Gasteiger partial charge on any atom is -0.385 e. The molecular formula is C14H16Cl2N2O. The molecule has 0 bridgehead atoms. The van der Waals surface area contributed by atoms with E-state index in [0.717, 1.165) is 11.3 Å². The average molecular weight is 299 g/mol. The van der Waals surface area contributed by atoms with E-state index in [1.807, 2.05) is 25.1 Å². The number of benzene rings is 1. The Kier molecular flexibility index (Phi) is 3.90. The van der Waals surface area contributed by atoms with Gasteiger partial charge in [-0.25, -0.2) is 0 Å². The summed E-state index contributed by atoms with van der Waals surface area (Å²) in [5.74, 6) is 0. The summed E-state index contributed by atoms with van der Waals surface area (Å²) in [5.41, 5.74) is 1.26. The highest BCUT2D eigenvalue weighted by molar-refractivity contribution is 6.31. The quantitative estimate of drug-likeness (QED) is 0.942. The van der Waals surface area contributed by atoms with Gasteiger partial charge in [0, 0.05) is 29.6 Å². The standard InChI is InChI=1S/C14H16Cl2N2O/c1-9-10(13(16)18(3)17-9)8-14(2,19)11-6-4-5-7-12(11)15/h4-7,19H,8H2,1-3H3. The van der Waals surface area contributed by atoms with Crippen LogP contribution in [0.5, 0.6) is 0 Å². The Morgan fingerprint density at radius 2 is 1.95 bits per heavy atom. The summed E-state index contributed by atoms with van der Waals surface area (Å²) in [6.07, 6.45) is 0.370. The van der Waals surface area contributed by atoms with Crippen molar-refractivity contribution >= 4 is 23.2 Å². The fourth-order valence-corrected chi connectivity index (χ4v) is 2.79. The first kappa shape index (κ1) is 14.4. The van der Waals surface area contributed by atoms with E-state index < -0.39 is 5.60 Å². The van der Waals surface area contributed by atoms with Crippen molar-refractivity contribution in [3.8, 4) is 0 Å². The Bertz CT molecular complexity index is 605. The van der Waals surface area contributed by atoms with E-state index in [-0.39, 0.29) is 0 Å². The zero-order chi connectivity index (χ0) is 14.2. The molecule has 0 aliphatic carbocycles. The van der Waals surface area contributed by atoms with Crippen LogP contribution in [0.2, 0.25) is 10.2 Å². The van der Waals surface area contributed by atoms with E-state index in [1.165, 1.54) is 0 Å². The molecule has 102 valence electrons. The predicted molar refractivity (Wildman–Crippen MR) is 77.7 cm³/mol. The summed E-state index contributed by atoms with van der Waals surface area (Å²) < 4.78 is 1.61. The molecule has 1 aromatic heterocycles. The lowest BCUT2D eigenvalue weighted by molar-refractivity contribution is 0.0576. The zero-order valence-corrected chi connectivity index (χ0v) is 12.6. The molecule has 1 N–H and O–H groups in total. The molecule has 0 radical (unpaired) electrons. The van der Waals surface area contributed by atoms with Crippen molar-refractivity contribution in [3.05, 3.63) is 51.3 Å². The summed E-state index contributed by atoms with van der Waals surface area (Å²) in [6, 6.07) is 7.28. The lowest BCUT2D eigenvalue weighted by Crippen LogP contribution is -2.25. The zero-order valence-electron chi connectivity index (χ0n) is 11.1. The summed E-state index contributed by atoms with van der Waals surface area (Å²) in [5, 5.41) is 16.0. The molecule has 1 atom stereocenters. The van der Waals surface area contributed by atoms with Crippen molar-refractivity contribution in [3.63, 3.8) is 0 Å². The normalized spacial score (nSPS) is 14.4. The van der Waals surface area contributed by atoms with E-state index in [2.05, 4.69) is 5.10 Å². The molecule has 19 heavy (non-hydrogen) atoms. The van der Waals surface area contributed by atoms with Gasteiger partial charge >= 0.3 is 0 Å². The van der Waals surface area contributed by atoms with Gasteiger partial charge < -0.3 is 5.11 Å². The molecule has 0 saturated carbocycles. The predicted octanol–water partition coefficient (Wildman–Crippen LogP) is 3.49. The molecular weight excluding hydrogens is 283 g/mol. The Morgan fingerprint density at radius 1 is 1.32 bits per heavy atom. The molecule has 0 saturated heterocycles. The van der Waals surface area contributed by atoms with Gasteiger partial charge in [0.1, 0.15) is 5.15 Å². The van der Waals surface area contributed by atoms with Crippen molar-refractivity contribution in [2.45, 2.75) is 25.9 Å². The molecule has 1 aromatic carbocycles.